The lowest BCUT2D eigenvalue weighted by molar-refractivity contribution is 0.0987. The molecule has 7 nitrogen and oxygen atoms in total. The molecule has 1 aromatic heterocycles. The lowest BCUT2D eigenvalue weighted by Gasteiger charge is -2.35. The minimum atomic E-state index is -0.264. The van der Waals surface area contributed by atoms with E-state index >= 15 is 0 Å². The Balaban J connectivity index is 1.61. The van der Waals surface area contributed by atoms with E-state index < -0.39 is 0 Å². The average molecular weight is 368 g/mol. The summed E-state index contributed by atoms with van der Waals surface area (Å²) in [5.74, 6) is -0.153. The highest BCUT2D eigenvalue weighted by molar-refractivity contribution is 6.04. The summed E-state index contributed by atoms with van der Waals surface area (Å²) in [4.78, 5) is 34.2. The first-order chi connectivity index (χ1) is 13.1. The van der Waals surface area contributed by atoms with Crippen molar-refractivity contribution in [3.8, 4) is 0 Å². The molecule has 27 heavy (non-hydrogen) atoms. The van der Waals surface area contributed by atoms with Crippen LogP contribution in [0, 0.1) is 0 Å². The first-order valence-corrected chi connectivity index (χ1v) is 9.06. The third-order valence-electron chi connectivity index (χ3n) is 4.59. The predicted molar refractivity (Wildman–Crippen MR) is 104 cm³/mol. The van der Waals surface area contributed by atoms with E-state index in [-0.39, 0.29) is 12.0 Å². The van der Waals surface area contributed by atoms with Crippen LogP contribution in [0.1, 0.15) is 17.4 Å². The van der Waals surface area contributed by atoms with Crippen molar-refractivity contribution in [2.24, 2.45) is 0 Å². The van der Waals surface area contributed by atoms with Crippen molar-refractivity contribution in [2.75, 3.05) is 49.6 Å². The maximum atomic E-state index is 12.6. The highest BCUT2D eigenvalue weighted by Gasteiger charge is 2.22. The van der Waals surface area contributed by atoms with Crippen molar-refractivity contribution in [3.63, 3.8) is 0 Å². The molecule has 0 radical (unpaired) electrons. The second-order valence-corrected chi connectivity index (χ2v) is 6.27. The number of rotatable bonds is 4. The topological polar surface area (TPSA) is 66.0 Å². The molecule has 1 saturated heterocycles. The monoisotopic (exact) mass is 368 g/mol. The molecule has 0 spiro atoms. The van der Waals surface area contributed by atoms with Gasteiger partial charge in [0, 0.05) is 38.9 Å². The van der Waals surface area contributed by atoms with Crippen molar-refractivity contribution in [1.82, 2.24) is 9.88 Å². The van der Waals surface area contributed by atoms with E-state index in [4.69, 9.17) is 4.74 Å². The van der Waals surface area contributed by atoms with Gasteiger partial charge < -0.3 is 19.4 Å². The molecule has 0 saturated carbocycles. The average Bonchev–Trinajstić information content (AvgIpc) is 2.74. The van der Waals surface area contributed by atoms with Gasteiger partial charge in [-0.1, -0.05) is 18.2 Å². The number of ether oxygens (including phenoxy) is 1. The zero-order valence-electron chi connectivity index (χ0n) is 15.7. The van der Waals surface area contributed by atoms with Gasteiger partial charge in [-0.3, -0.25) is 4.79 Å². The lowest BCUT2D eigenvalue weighted by Crippen LogP contribution is -2.49. The summed E-state index contributed by atoms with van der Waals surface area (Å²) in [6, 6.07) is 13.1. The van der Waals surface area contributed by atoms with Gasteiger partial charge in [0.05, 0.1) is 18.5 Å². The van der Waals surface area contributed by atoms with Gasteiger partial charge in [-0.2, -0.15) is 0 Å². The fraction of sp³-hybridized carbons (Fsp3) is 0.350. The number of anilines is 2. The Kier molecular flexibility index (Phi) is 5.90. The van der Waals surface area contributed by atoms with Gasteiger partial charge in [0.2, 0.25) is 0 Å². The number of pyridine rings is 1. The van der Waals surface area contributed by atoms with Gasteiger partial charge in [0.15, 0.2) is 0 Å². The second kappa shape index (κ2) is 8.53. The Morgan fingerprint density at radius 3 is 2.37 bits per heavy atom. The first-order valence-electron chi connectivity index (χ1n) is 9.06. The molecule has 1 fully saturated rings. The van der Waals surface area contributed by atoms with Crippen molar-refractivity contribution in [1.29, 1.82) is 0 Å². The molecule has 7 heteroatoms. The molecule has 0 unspecified atom stereocenters. The largest absolute Gasteiger partial charge is 0.450 e. The van der Waals surface area contributed by atoms with Gasteiger partial charge in [-0.05, 0) is 31.2 Å². The van der Waals surface area contributed by atoms with Crippen LogP contribution in [0.4, 0.5) is 16.2 Å². The minimum absolute atomic E-state index is 0.153. The van der Waals surface area contributed by atoms with Gasteiger partial charge in [-0.15, -0.1) is 0 Å². The van der Waals surface area contributed by atoms with Crippen LogP contribution < -0.4 is 9.80 Å². The number of carbonyl (C=O) groups excluding carboxylic acids is 2. The Labute approximate surface area is 159 Å². The molecule has 0 N–H and O–H groups in total. The van der Waals surface area contributed by atoms with E-state index in [1.807, 2.05) is 36.4 Å². The molecule has 2 aromatic rings. The Hall–Kier alpha value is -3.09. The molecule has 1 aliphatic rings. The number of hydrogen-bond donors (Lipinski definition) is 0. The van der Waals surface area contributed by atoms with Gasteiger partial charge in [0.25, 0.3) is 5.91 Å². The van der Waals surface area contributed by atoms with Crippen LogP contribution in [-0.4, -0.2) is 61.7 Å². The Morgan fingerprint density at radius 2 is 1.78 bits per heavy atom. The van der Waals surface area contributed by atoms with Gasteiger partial charge in [0.1, 0.15) is 5.69 Å². The number of amides is 2. The maximum absolute atomic E-state index is 12.6. The smallest absolute Gasteiger partial charge is 0.409 e. The maximum Gasteiger partial charge on any atom is 0.409 e. The van der Waals surface area contributed by atoms with Crippen LogP contribution >= 0.6 is 0 Å². The number of hydrogen-bond acceptors (Lipinski definition) is 5. The number of nitrogens with zero attached hydrogens (tertiary/aromatic N) is 4. The van der Waals surface area contributed by atoms with Gasteiger partial charge in [-0.25, -0.2) is 9.78 Å². The summed E-state index contributed by atoms with van der Waals surface area (Å²) in [6.07, 6.45) is 1.45. The Bertz CT molecular complexity index is 772. The quantitative estimate of drug-likeness (QED) is 0.830. The SMILES string of the molecule is CCOC(=O)N1CCN(c2ccc(C(=O)N(C)c3ccccc3)nc2)CC1. The Morgan fingerprint density at radius 1 is 1.07 bits per heavy atom. The summed E-state index contributed by atoms with van der Waals surface area (Å²) in [7, 11) is 1.74. The van der Waals surface area contributed by atoms with Crippen molar-refractivity contribution >= 4 is 23.4 Å². The van der Waals surface area contributed by atoms with E-state index in [9.17, 15) is 9.59 Å². The van der Waals surface area contributed by atoms with Crippen LogP contribution in [0.3, 0.4) is 0 Å². The molecule has 3 rings (SSSR count). The van der Waals surface area contributed by atoms with Crippen LogP contribution in [-0.2, 0) is 4.74 Å². The minimum Gasteiger partial charge on any atom is -0.450 e. The van der Waals surface area contributed by atoms with Crippen LogP contribution in [0.5, 0.6) is 0 Å². The molecular formula is C20H24N4O3. The summed E-state index contributed by atoms with van der Waals surface area (Å²) in [5, 5.41) is 0. The number of benzene rings is 1. The first kappa shape index (κ1) is 18.7. The zero-order valence-corrected chi connectivity index (χ0v) is 15.7. The molecule has 1 aromatic carbocycles. The van der Waals surface area contributed by atoms with E-state index in [1.165, 1.54) is 0 Å². The molecule has 1 aliphatic heterocycles. The summed E-state index contributed by atoms with van der Waals surface area (Å²) < 4.78 is 5.04. The third kappa shape index (κ3) is 4.36. The van der Waals surface area contributed by atoms with Crippen LogP contribution in [0.25, 0.3) is 0 Å². The fourth-order valence-electron chi connectivity index (χ4n) is 3.00. The van der Waals surface area contributed by atoms with Crippen LogP contribution in [0.15, 0.2) is 48.7 Å². The molecular weight excluding hydrogens is 344 g/mol. The molecule has 0 aliphatic carbocycles. The fourth-order valence-corrected chi connectivity index (χ4v) is 3.00. The van der Waals surface area contributed by atoms with E-state index in [0.717, 1.165) is 11.4 Å². The molecule has 2 amide bonds. The number of aromatic nitrogens is 1. The number of para-hydroxylation sites is 1. The van der Waals surface area contributed by atoms with Crippen molar-refractivity contribution in [2.45, 2.75) is 6.92 Å². The zero-order chi connectivity index (χ0) is 19.2. The normalized spacial score (nSPS) is 14.0. The highest BCUT2D eigenvalue weighted by Crippen LogP contribution is 2.18. The summed E-state index contributed by atoms with van der Waals surface area (Å²) >= 11 is 0. The van der Waals surface area contributed by atoms with E-state index in [2.05, 4.69) is 9.88 Å². The van der Waals surface area contributed by atoms with Crippen LogP contribution in [0.2, 0.25) is 0 Å². The molecule has 0 atom stereocenters. The molecule has 0 bridgehead atoms. The van der Waals surface area contributed by atoms with Gasteiger partial charge >= 0.3 is 6.09 Å². The standard InChI is InChI=1S/C20H24N4O3/c1-3-27-20(26)24-13-11-23(12-14-24)17-9-10-18(21-15-17)19(25)22(2)16-7-5-4-6-8-16/h4-10,15H,3,11-14H2,1-2H3. The predicted octanol–water partition coefficient (Wildman–Crippen LogP) is 2.64. The van der Waals surface area contributed by atoms with E-state index in [1.54, 1.807) is 36.0 Å². The molecule has 2 heterocycles. The second-order valence-electron chi connectivity index (χ2n) is 6.27. The summed E-state index contributed by atoms with van der Waals surface area (Å²) in [5.41, 5.74) is 2.16. The van der Waals surface area contributed by atoms with Crippen molar-refractivity contribution < 1.29 is 14.3 Å². The highest BCUT2D eigenvalue weighted by atomic mass is 16.6. The number of carbonyl (C=O) groups is 2. The lowest BCUT2D eigenvalue weighted by atomic mass is 10.2. The molecule has 142 valence electrons. The number of piperazine rings is 1. The third-order valence-corrected chi connectivity index (χ3v) is 4.59. The van der Waals surface area contributed by atoms with E-state index in [0.29, 0.717) is 38.5 Å². The van der Waals surface area contributed by atoms with Crippen molar-refractivity contribution in [3.05, 3.63) is 54.4 Å². The summed E-state index contributed by atoms with van der Waals surface area (Å²) in [6.45, 7) is 4.82.